The summed E-state index contributed by atoms with van der Waals surface area (Å²) in [5.41, 5.74) is 0. The van der Waals surface area contributed by atoms with Crippen molar-refractivity contribution in [3.63, 3.8) is 0 Å². The summed E-state index contributed by atoms with van der Waals surface area (Å²) < 4.78 is 0. The zero-order valence-corrected chi connectivity index (χ0v) is 24.1. The van der Waals surface area contributed by atoms with Gasteiger partial charge in [-0.15, -0.1) is 0 Å². The van der Waals surface area contributed by atoms with Crippen LogP contribution in [0.2, 0.25) is 24.2 Å². The second kappa shape index (κ2) is 24.1. The van der Waals surface area contributed by atoms with Gasteiger partial charge in [-0.1, -0.05) is 155 Å². The maximum Gasteiger partial charge on any atom is 0.0222 e. The second-order valence-electron chi connectivity index (χ2n) is 8.55. The average molecular weight is 453 g/mol. The van der Waals surface area contributed by atoms with Crippen molar-refractivity contribution < 1.29 is 0 Å². The van der Waals surface area contributed by atoms with E-state index in [1.54, 1.807) is 49.9 Å². The van der Waals surface area contributed by atoms with Gasteiger partial charge in [-0.3, -0.25) is 0 Å². The third-order valence-electron chi connectivity index (χ3n) is 5.66. The Morgan fingerprint density at radius 3 is 1.04 bits per heavy atom. The SMILES string of the molecule is CCCCCC[Si][Si](CCCCCC)[Si](CCCCCC)[Si]CCCCCC. The van der Waals surface area contributed by atoms with E-state index in [0.29, 0.717) is 0 Å². The Kier molecular flexibility index (Phi) is 24.9. The first-order chi connectivity index (χ1) is 13.8. The average Bonchev–Trinajstić information content (AvgIpc) is 2.71. The van der Waals surface area contributed by atoms with Gasteiger partial charge in [0.05, 0.1) is 0 Å². The highest BCUT2D eigenvalue weighted by atomic mass is 29.8. The lowest BCUT2D eigenvalue weighted by Gasteiger charge is -2.24. The van der Waals surface area contributed by atoms with Gasteiger partial charge >= 0.3 is 0 Å². The van der Waals surface area contributed by atoms with E-state index in [1.165, 1.54) is 95.1 Å². The summed E-state index contributed by atoms with van der Waals surface area (Å²) in [5.74, 6) is 0. The molecule has 0 spiro atoms. The molecule has 0 aromatic rings. The molecule has 0 saturated carbocycles. The highest BCUT2D eigenvalue weighted by Gasteiger charge is 2.24. The van der Waals surface area contributed by atoms with Crippen molar-refractivity contribution in [2.45, 2.75) is 155 Å². The molecule has 0 aliphatic carbocycles. The number of hydrogen-bond donors (Lipinski definition) is 0. The van der Waals surface area contributed by atoms with E-state index < -0.39 is 0 Å². The summed E-state index contributed by atoms with van der Waals surface area (Å²) >= 11 is 0. The minimum Gasteiger partial charge on any atom is -0.0654 e. The molecular formula is C24H52Si4. The quantitative estimate of drug-likeness (QED) is 0.107. The first kappa shape index (κ1) is 28.9. The fourth-order valence-electron chi connectivity index (χ4n) is 3.73. The number of rotatable bonds is 23. The molecule has 0 unspecified atom stereocenters. The molecule has 28 heavy (non-hydrogen) atoms. The van der Waals surface area contributed by atoms with Crippen LogP contribution in [0.1, 0.15) is 130 Å². The van der Waals surface area contributed by atoms with Gasteiger partial charge in [0, 0.05) is 33.7 Å². The van der Waals surface area contributed by atoms with E-state index in [1.807, 2.05) is 0 Å². The van der Waals surface area contributed by atoms with E-state index in [0.717, 1.165) is 0 Å². The molecule has 164 valence electrons. The summed E-state index contributed by atoms with van der Waals surface area (Å²) in [5, 5.41) is 0. The zero-order valence-electron chi connectivity index (χ0n) is 20.1. The zero-order chi connectivity index (χ0) is 20.7. The van der Waals surface area contributed by atoms with Crippen LogP contribution in [-0.2, 0) is 0 Å². The highest BCUT2D eigenvalue weighted by molar-refractivity contribution is 7.59. The van der Waals surface area contributed by atoms with Crippen molar-refractivity contribution in [3.05, 3.63) is 0 Å². The third kappa shape index (κ3) is 18.9. The Hall–Kier alpha value is 0.868. The maximum atomic E-state index is 2.36. The second-order valence-corrected chi connectivity index (χ2v) is 25.5. The Labute approximate surface area is 188 Å². The van der Waals surface area contributed by atoms with Gasteiger partial charge in [0.25, 0.3) is 0 Å². The number of unbranched alkanes of at least 4 members (excludes halogenated alkanes) is 12. The van der Waals surface area contributed by atoms with Gasteiger partial charge in [0.15, 0.2) is 0 Å². The van der Waals surface area contributed by atoms with E-state index in [9.17, 15) is 0 Å². The van der Waals surface area contributed by atoms with Crippen LogP contribution in [0.3, 0.4) is 0 Å². The lowest BCUT2D eigenvalue weighted by atomic mass is 10.2. The van der Waals surface area contributed by atoms with Crippen LogP contribution >= 0.6 is 0 Å². The molecular weight excluding hydrogens is 401 g/mol. The maximum absolute atomic E-state index is 2.36. The van der Waals surface area contributed by atoms with Crippen LogP contribution in [0.4, 0.5) is 0 Å². The van der Waals surface area contributed by atoms with Crippen molar-refractivity contribution in [3.8, 4) is 0 Å². The van der Waals surface area contributed by atoms with Crippen molar-refractivity contribution >= 4 is 33.7 Å². The smallest absolute Gasteiger partial charge is 0.0222 e. The molecule has 0 N–H and O–H groups in total. The number of hydrogen-bond acceptors (Lipinski definition) is 0. The first-order valence-electron chi connectivity index (χ1n) is 13.0. The van der Waals surface area contributed by atoms with Crippen LogP contribution in [0.25, 0.3) is 0 Å². The summed E-state index contributed by atoms with van der Waals surface area (Å²) in [6, 6.07) is 6.60. The predicted molar refractivity (Wildman–Crippen MR) is 139 cm³/mol. The Bertz CT molecular complexity index is 258. The molecule has 0 bridgehead atoms. The summed E-state index contributed by atoms with van der Waals surface area (Å²) in [7, 11) is 2.83. The molecule has 0 nitrogen and oxygen atoms in total. The monoisotopic (exact) mass is 452 g/mol. The van der Waals surface area contributed by atoms with E-state index in [2.05, 4.69) is 27.7 Å². The van der Waals surface area contributed by atoms with Gasteiger partial charge in [0.2, 0.25) is 0 Å². The van der Waals surface area contributed by atoms with Crippen LogP contribution < -0.4 is 0 Å². The molecule has 0 aliphatic heterocycles. The minimum atomic E-state index is 0.0118. The molecule has 0 saturated heterocycles. The molecule has 0 aromatic heterocycles. The Balaban J connectivity index is 4.55. The van der Waals surface area contributed by atoms with Crippen molar-refractivity contribution in [2.75, 3.05) is 0 Å². The summed E-state index contributed by atoms with van der Waals surface area (Å²) in [4.78, 5) is 0. The molecule has 0 fully saturated rings. The van der Waals surface area contributed by atoms with E-state index in [4.69, 9.17) is 0 Å². The van der Waals surface area contributed by atoms with Gasteiger partial charge in [0.1, 0.15) is 0 Å². The Morgan fingerprint density at radius 1 is 0.393 bits per heavy atom. The van der Waals surface area contributed by atoms with Gasteiger partial charge in [-0.05, 0) is 0 Å². The minimum absolute atomic E-state index is 0.0118. The van der Waals surface area contributed by atoms with E-state index >= 15 is 0 Å². The standard InChI is InChI=1S/C24H52Si4/c1-5-9-13-17-21-25-27(23-19-15-11-7-3)28(24-20-16-12-8-4)26-22-18-14-10-6-2/h5-24H2,1-4H3. The third-order valence-corrected chi connectivity index (χ3v) is 30.3. The summed E-state index contributed by atoms with van der Waals surface area (Å²) in [6.07, 6.45) is 23.8. The summed E-state index contributed by atoms with van der Waals surface area (Å²) in [6.45, 7) is 9.43. The molecule has 0 aromatic carbocycles. The topological polar surface area (TPSA) is 0 Å². The fraction of sp³-hybridized carbons (Fsp3) is 1.00. The highest BCUT2D eigenvalue weighted by Crippen LogP contribution is 2.16. The first-order valence-corrected chi connectivity index (χ1v) is 21.8. The van der Waals surface area contributed by atoms with Crippen molar-refractivity contribution in [1.82, 2.24) is 0 Å². The molecule has 0 amide bonds. The normalized spacial score (nSPS) is 11.8. The van der Waals surface area contributed by atoms with Gasteiger partial charge in [-0.25, -0.2) is 0 Å². The molecule has 6 radical (unpaired) electrons. The largest absolute Gasteiger partial charge is 0.0654 e. The van der Waals surface area contributed by atoms with Crippen molar-refractivity contribution in [1.29, 1.82) is 0 Å². The van der Waals surface area contributed by atoms with Gasteiger partial charge < -0.3 is 0 Å². The molecule has 4 heteroatoms. The van der Waals surface area contributed by atoms with Crippen LogP contribution in [0, 0.1) is 0 Å². The lowest BCUT2D eigenvalue weighted by Crippen LogP contribution is -2.45. The van der Waals surface area contributed by atoms with Gasteiger partial charge in [-0.2, -0.15) is 0 Å². The molecule has 0 heterocycles. The lowest BCUT2D eigenvalue weighted by molar-refractivity contribution is 0.696. The molecule has 0 rings (SSSR count). The van der Waals surface area contributed by atoms with Crippen LogP contribution in [-0.4, -0.2) is 33.7 Å². The fourth-order valence-corrected chi connectivity index (χ4v) is 30.0. The Morgan fingerprint density at radius 2 is 0.714 bits per heavy atom. The predicted octanol–water partition coefficient (Wildman–Crippen LogP) is 8.61. The van der Waals surface area contributed by atoms with E-state index in [-0.39, 0.29) is 15.7 Å². The van der Waals surface area contributed by atoms with Crippen LogP contribution in [0.15, 0.2) is 0 Å². The molecule has 0 atom stereocenters. The van der Waals surface area contributed by atoms with Crippen LogP contribution in [0.5, 0.6) is 0 Å². The van der Waals surface area contributed by atoms with Crippen molar-refractivity contribution in [2.24, 2.45) is 0 Å². The molecule has 0 aliphatic rings.